The quantitative estimate of drug-likeness (QED) is 0.359. The number of nitrogens with zero attached hydrogens (tertiary/aromatic N) is 1. The molecule has 0 radical (unpaired) electrons. The minimum Gasteiger partial charge on any atom is -0.508 e. The van der Waals surface area contributed by atoms with Gasteiger partial charge in [-0.05, 0) is 109 Å². The number of carbonyl (C=O) groups excluding carboxylic acids is 2. The molecule has 214 valence electrons. The summed E-state index contributed by atoms with van der Waals surface area (Å²) in [6.07, 6.45) is 6.10. The van der Waals surface area contributed by atoms with Gasteiger partial charge in [-0.1, -0.05) is 30.3 Å². The van der Waals surface area contributed by atoms with Crippen LogP contribution >= 0.6 is 12.4 Å². The van der Waals surface area contributed by atoms with Gasteiger partial charge in [0.1, 0.15) is 11.6 Å². The third-order valence-corrected chi connectivity index (χ3v) is 9.65. The summed E-state index contributed by atoms with van der Waals surface area (Å²) in [4.78, 5) is 28.4. The molecule has 4 aliphatic carbocycles. The molecule has 3 aromatic carbocycles. The van der Waals surface area contributed by atoms with Crippen molar-refractivity contribution >= 4 is 24.2 Å². The summed E-state index contributed by atoms with van der Waals surface area (Å²) < 4.78 is 13.6. The Morgan fingerprint density at radius 3 is 2.15 bits per heavy atom. The highest BCUT2D eigenvalue weighted by molar-refractivity contribution is 5.95. The van der Waals surface area contributed by atoms with Gasteiger partial charge >= 0.3 is 0 Å². The Morgan fingerprint density at radius 2 is 1.46 bits per heavy atom. The van der Waals surface area contributed by atoms with Crippen molar-refractivity contribution < 1.29 is 19.1 Å². The number of fused-ring (bicyclic) bond motifs is 1. The summed E-state index contributed by atoms with van der Waals surface area (Å²) in [5, 5.41) is 16.7. The summed E-state index contributed by atoms with van der Waals surface area (Å²) in [7, 11) is 0. The molecule has 2 atom stereocenters. The average Bonchev–Trinajstić information content (AvgIpc) is 3.35. The molecule has 3 N–H and O–H groups in total. The highest BCUT2D eigenvalue weighted by Crippen LogP contribution is 2.57. The van der Waals surface area contributed by atoms with Gasteiger partial charge in [-0.25, -0.2) is 4.39 Å². The van der Waals surface area contributed by atoms with Gasteiger partial charge in [0.25, 0.3) is 5.91 Å². The molecule has 1 aliphatic heterocycles. The fraction of sp³-hybridized carbons (Fsp3) is 0.394. The predicted octanol–water partition coefficient (Wildman–Crippen LogP) is 5.57. The van der Waals surface area contributed by atoms with Gasteiger partial charge in [-0.3, -0.25) is 9.59 Å². The molecule has 8 rings (SSSR count). The van der Waals surface area contributed by atoms with Crippen molar-refractivity contribution in [1.82, 2.24) is 15.5 Å². The van der Waals surface area contributed by atoms with E-state index in [1.165, 1.54) is 18.6 Å². The highest BCUT2D eigenvalue weighted by Gasteiger charge is 2.58. The lowest BCUT2D eigenvalue weighted by Gasteiger charge is -2.62. The van der Waals surface area contributed by atoms with Crippen LogP contribution in [0.5, 0.6) is 5.75 Å². The number of phenols is 1. The molecular formula is C33H35ClFN3O3. The van der Waals surface area contributed by atoms with Crippen LogP contribution in [-0.4, -0.2) is 39.4 Å². The molecule has 4 bridgehead atoms. The van der Waals surface area contributed by atoms with E-state index in [4.69, 9.17) is 0 Å². The second-order valence-electron chi connectivity index (χ2n) is 12.6. The molecule has 2 amide bonds. The van der Waals surface area contributed by atoms with E-state index in [2.05, 4.69) is 10.6 Å². The lowest BCUT2D eigenvalue weighted by Crippen LogP contribution is -2.69. The number of aromatic hydroxyl groups is 1. The maximum Gasteiger partial charge on any atom is 0.251 e. The molecule has 6 nitrogen and oxygen atoms in total. The van der Waals surface area contributed by atoms with E-state index in [1.807, 2.05) is 36.4 Å². The Labute approximate surface area is 245 Å². The molecule has 0 spiro atoms. The lowest BCUT2D eigenvalue weighted by atomic mass is 9.50. The summed E-state index contributed by atoms with van der Waals surface area (Å²) in [5.41, 5.74) is 4.12. The highest BCUT2D eigenvalue weighted by atomic mass is 35.5. The van der Waals surface area contributed by atoms with Crippen molar-refractivity contribution in [2.24, 2.45) is 11.8 Å². The van der Waals surface area contributed by atoms with E-state index in [9.17, 15) is 19.1 Å². The van der Waals surface area contributed by atoms with Crippen molar-refractivity contribution in [2.75, 3.05) is 6.54 Å². The minimum atomic E-state index is -0.264. The zero-order chi connectivity index (χ0) is 27.5. The third-order valence-electron chi connectivity index (χ3n) is 9.65. The van der Waals surface area contributed by atoms with Gasteiger partial charge in [0.05, 0.1) is 6.54 Å². The zero-order valence-electron chi connectivity index (χ0n) is 22.9. The molecule has 4 fully saturated rings. The first kappa shape index (κ1) is 27.7. The maximum atomic E-state index is 13.6. The number of carbonyl (C=O) groups is 2. The molecule has 8 heteroatoms. The first-order valence-electron chi connectivity index (χ1n) is 14.3. The van der Waals surface area contributed by atoms with Crippen LogP contribution in [0.15, 0.2) is 66.7 Å². The Balaban J connectivity index is 0.00000302. The molecular weight excluding hydrogens is 541 g/mol. The number of nitrogens with one attached hydrogen (secondary N) is 2. The summed E-state index contributed by atoms with van der Waals surface area (Å²) in [6, 6.07) is 19.4. The van der Waals surface area contributed by atoms with Gasteiger partial charge in [-0.15, -0.1) is 12.4 Å². The molecule has 0 saturated heterocycles. The maximum absolute atomic E-state index is 13.6. The standard InChI is InChI=1S/C33H34FN3O3.ClH/c34-28-8-5-26-18-37(19-27(26)12-28)30(39)17-35-32-13-21-11-22(14-32)16-33(15-21,20-32)36-31(40)25-3-1-23(2-4-25)24-6-9-29(38)10-7-24;/h1-10,12,21-22,35,38H,11,13-20H2,(H,36,40);1H. The van der Waals surface area contributed by atoms with Crippen LogP contribution < -0.4 is 10.6 Å². The first-order chi connectivity index (χ1) is 19.3. The average molecular weight is 576 g/mol. The number of benzene rings is 3. The monoisotopic (exact) mass is 575 g/mol. The largest absolute Gasteiger partial charge is 0.508 e. The summed E-state index contributed by atoms with van der Waals surface area (Å²) in [5.74, 6) is 1.04. The van der Waals surface area contributed by atoms with E-state index >= 15 is 0 Å². The molecule has 41 heavy (non-hydrogen) atoms. The number of halogens is 2. The molecule has 2 unspecified atom stereocenters. The molecule has 3 aromatic rings. The van der Waals surface area contributed by atoms with Crippen LogP contribution in [0.1, 0.15) is 60.0 Å². The minimum absolute atomic E-state index is 0. The molecule has 0 aromatic heterocycles. The van der Waals surface area contributed by atoms with Crippen LogP contribution in [0.2, 0.25) is 0 Å². The van der Waals surface area contributed by atoms with Gasteiger partial charge in [0, 0.05) is 29.7 Å². The number of hydrogen-bond acceptors (Lipinski definition) is 4. The molecule has 4 saturated carbocycles. The summed E-state index contributed by atoms with van der Waals surface area (Å²) >= 11 is 0. The number of phenolic OH excluding ortho intramolecular Hbond substituents is 1. The molecule has 1 heterocycles. The van der Waals surface area contributed by atoms with E-state index < -0.39 is 0 Å². The van der Waals surface area contributed by atoms with Crippen LogP contribution in [0.25, 0.3) is 11.1 Å². The van der Waals surface area contributed by atoms with Crippen molar-refractivity contribution in [1.29, 1.82) is 0 Å². The molecule has 5 aliphatic rings. The second kappa shape index (κ2) is 10.4. The van der Waals surface area contributed by atoms with E-state index in [1.54, 1.807) is 23.1 Å². The van der Waals surface area contributed by atoms with Crippen molar-refractivity contribution in [3.05, 3.63) is 89.2 Å². The second-order valence-corrected chi connectivity index (χ2v) is 12.6. The SMILES string of the molecule is Cl.O=C(NC12CC3CC(CC(NCC(=O)N4Cc5ccc(F)cc5C4)(C3)C1)C2)c1ccc(-c2ccc(O)cc2)cc1. The van der Waals surface area contributed by atoms with Crippen molar-refractivity contribution in [3.63, 3.8) is 0 Å². The van der Waals surface area contributed by atoms with Gasteiger partial charge in [-0.2, -0.15) is 0 Å². The third kappa shape index (κ3) is 5.33. The summed E-state index contributed by atoms with van der Waals surface area (Å²) in [6.45, 7) is 1.25. The van der Waals surface area contributed by atoms with Crippen LogP contribution in [-0.2, 0) is 17.9 Å². The zero-order valence-corrected chi connectivity index (χ0v) is 23.7. The number of hydrogen-bond donors (Lipinski definition) is 3. The fourth-order valence-electron chi connectivity index (χ4n) is 8.31. The number of rotatable bonds is 6. The Morgan fingerprint density at radius 1 is 0.854 bits per heavy atom. The smallest absolute Gasteiger partial charge is 0.251 e. The van der Waals surface area contributed by atoms with Crippen LogP contribution in [0, 0.1) is 17.7 Å². The van der Waals surface area contributed by atoms with E-state index in [-0.39, 0.29) is 53.4 Å². The Kier molecular flexibility index (Phi) is 7.07. The van der Waals surface area contributed by atoms with E-state index in [0.29, 0.717) is 30.5 Å². The number of amides is 2. The lowest BCUT2D eigenvalue weighted by molar-refractivity contribution is -0.132. The normalized spacial score (nSPS) is 27.3. The van der Waals surface area contributed by atoms with E-state index in [0.717, 1.165) is 54.4 Å². The fourth-order valence-corrected chi connectivity index (χ4v) is 8.31. The van der Waals surface area contributed by atoms with Gasteiger partial charge in [0.2, 0.25) is 5.91 Å². The Hall–Kier alpha value is -3.42. The van der Waals surface area contributed by atoms with Crippen LogP contribution in [0.3, 0.4) is 0 Å². The predicted molar refractivity (Wildman–Crippen MR) is 157 cm³/mol. The Bertz CT molecular complexity index is 1460. The van der Waals surface area contributed by atoms with Crippen molar-refractivity contribution in [2.45, 2.75) is 62.7 Å². The topological polar surface area (TPSA) is 81.7 Å². The first-order valence-corrected chi connectivity index (χ1v) is 14.3. The van der Waals surface area contributed by atoms with Crippen LogP contribution in [0.4, 0.5) is 4.39 Å². The van der Waals surface area contributed by atoms with Gasteiger partial charge in [0.15, 0.2) is 0 Å². The van der Waals surface area contributed by atoms with Gasteiger partial charge < -0.3 is 20.6 Å². The van der Waals surface area contributed by atoms with Crippen molar-refractivity contribution in [3.8, 4) is 16.9 Å².